The van der Waals surface area contributed by atoms with Crippen molar-refractivity contribution in [3.8, 4) is 61.3 Å². The number of fused-ring (bicyclic) bond motifs is 5. The Kier molecular flexibility index (Phi) is 9.74. The largest absolute Gasteiger partial charge is 0.311 e. The molecule has 65 heavy (non-hydrogen) atoms. The van der Waals surface area contributed by atoms with E-state index in [0.29, 0.717) is 0 Å². The molecule has 0 N–H and O–H groups in total. The Hall–Kier alpha value is -8.24. The van der Waals surface area contributed by atoms with Gasteiger partial charge in [-0.05, 0) is 110 Å². The van der Waals surface area contributed by atoms with Crippen molar-refractivity contribution >= 4 is 59.6 Å². The van der Waals surface area contributed by atoms with Crippen LogP contribution >= 0.6 is 11.3 Å². The van der Waals surface area contributed by atoms with Crippen LogP contribution in [0.1, 0.15) is 0 Å². The molecule has 0 fully saturated rings. The summed E-state index contributed by atoms with van der Waals surface area (Å²) in [6.07, 6.45) is 0. The molecule has 12 aromatic rings. The fourth-order valence-corrected chi connectivity index (χ4v) is 10.7. The third kappa shape index (κ3) is 7.09. The molecule has 3 heteroatoms. The van der Waals surface area contributed by atoms with E-state index in [1.54, 1.807) is 0 Å². The van der Waals surface area contributed by atoms with Gasteiger partial charge in [0.05, 0.1) is 15.7 Å². The maximum absolute atomic E-state index is 2.43. The predicted molar refractivity (Wildman–Crippen MR) is 278 cm³/mol. The highest BCUT2D eigenvalue weighted by atomic mass is 32.1. The molecule has 0 saturated carbocycles. The number of rotatable bonds is 9. The van der Waals surface area contributed by atoms with E-state index >= 15 is 0 Å². The van der Waals surface area contributed by atoms with Crippen LogP contribution in [0.25, 0.3) is 92.5 Å². The van der Waals surface area contributed by atoms with Crippen LogP contribution in [0.15, 0.2) is 255 Å². The third-order valence-corrected chi connectivity index (χ3v) is 13.9. The van der Waals surface area contributed by atoms with E-state index < -0.39 is 0 Å². The van der Waals surface area contributed by atoms with Crippen molar-refractivity contribution in [1.29, 1.82) is 0 Å². The van der Waals surface area contributed by atoms with Gasteiger partial charge >= 0.3 is 0 Å². The van der Waals surface area contributed by atoms with Crippen molar-refractivity contribution in [3.05, 3.63) is 255 Å². The van der Waals surface area contributed by atoms with E-state index in [2.05, 4.69) is 264 Å². The molecule has 0 saturated heterocycles. The van der Waals surface area contributed by atoms with Crippen LogP contribution in [0, 0.1) is 0 Å². The van der Waals surface area contributed by atoms with Crippen LogP contribution < -0.4 is 4.90 Å². The lowest BCUT2D eigenvalue weighted by Gasteiger charge is -2.26. The van der Waals surface area contributed by atoms with Crippen molar-refractivity contribution in [2.45, 2.75) is 0 Å². The molecule has 2 nitrogen and oxygen atoms in total. The molecule has 0 amide bonds. The Morgan fingerprint density at radius 3 is 1.12 bits per heavy atom. The summed E-state index contributed by atoms with van der Waals surface area (Å²) in [5.41, 5.74) is 19.1. The van der Waals surface area contributed by atoms with Gasteiger partial charge in [0.1, 0.15) is 0 Å². The van der Waals surface area contributed by atoms with Crippen molar-refractivity contribution in [3.63, 3.8) is 0 Å². The van der Waals surface area contributed by atoms with E-state index in [1.807, 2.05) is 11.3 Å². The number of para-hydroxylation sites is 2. The van der Waals surface area contributed by atoms with Gasteiger partial charge in [-0.1, -0.05) is 200 Å². The second-order valence-electron chi connectivity index (χ2n) is 16.5. The standard InChI is InChI=1S/C62H42N2S/c1-4-13-43(14-5-1)45-23-27-47(28-24-45)49-31-37-53(38-32-49)63(54-39-33-50(34-40-54)48-29-25-46(26-30-48)44-15-6-2-7-16-44)55-41-35-51(36-42-55)56-20-12-21-58-60-62(65-61(56)58)57-19-10-11-22-59(57)64(60)52-17-8-3-9-18-52/h1-42H. The molecule has 0 spiro atoms. The van der Waals surface area contributed by atoms with Crippen LogP contribution in [0.2, 0.25) is 0 Å². The van der Waals surface area contributed by atoms with Crippen LogP contribution in [0.4, 0.5) is 17.1 Å². The van der Waals surface area contributed by atoms with E-state index in [0.717, 1.165) is 17.1 Å². The molecule has 0 atom stereocenters. The summed E-state index contributed by atoms with van der Waals surface area (Å²) in [6, 6.07) is 92.2. The molecule has 0 radical (unpaired) electrons. The summed E-state index contributed by atoms with van der Waals surface area (Å²) in [6.45, 7) is 0. The highest BCUT2D eigenvalue weighted by molar-refractivity contribution is 7.27. The number of benzene rings is 10. The zero-order valence-corrected chi connectivity index (χ0v) is 36.4. The van der Waals surface area contributed by atoms with Gasteiger partial charge in [0, 0.05) is 38.2 Å². The summed E-state index contributed by atoms with van der Waals surface area (Å²) in [5.74, 6) is 0. The monoisotopic (exact) mass is 846 g/mol. The summed E-state index contributed by atoms with van der Waals surface area (Å²) < 4.78 is 5.06. The summed E-state index contributed by atoms with van der Waals surface area (Å²) in [5, 5.41) is 2.56. The number of aromatic nitrogens is 1. The lowest BCUT2D eigenvalue weighted by molar-refractivity contribution is 1.19. The second kappa shape index (κ2) is 16.5. The first kappa shape index (κ1) is 38.4. The van der Waals surface area contributed by atoms with E-state index in [9.17, 15) is 0 Å². The van der Waals surface area contributed by atoms with Gasteiger partial charge in [0.15, 0.2) is 0 Å². The Balaban J connectivity index is 0.910. The smallest absolute Gasteiger partial charge is 0.0727 e. The molecule has 0 aliphatic carbocycles. The number of thiophene rings is 1. The first-order valence-corrected chi connectivity index (χ1v) is 23.0. The topological polar surface area (TPSA) is 8.17 Å². The number of anilines is 3. The molecule has 306 valence electrons. The minimum absolute atomic E-state index is 1.10. The highest BCUT2D eigenvalue weighted by Gasteiger charge is 2.20. The number of hydrogen-bond acceptors (Lipinski definition) is 2. The molecule has 12 rings (SSSR count). The quantitative estimate of drug-likeness (QED) is 0.140. The number of nitrogens with zero attached hydrogens (tertiary/aromatic N) is 2. The van der Waals surface area contributed by atoms with Crippen LogP contribution in [-0.4, -0.2) is 4.57 Å². The lowest BCUT2D eigenvalue weighted by Crippen LogP contribution is -2.09. The van der Waals surface area contributed by atoms with Crippen LogP contribution in [0.3, 0.4) is 0 Å². The van der Waals surface area contributed by atoms with E-state index in [4.69, 9.17) is 0 Å². The number of hydrogen-bond donors (Lipinski definition) is 0. The summed E-state index contributed by atoms with van der Waals surface area (Å²) in [4.78, 5) is 2.36. The van der Waals surface area contributed by atoms with Crippen molar-refractivity contribution < 1.29 is 0 Å². The van der Waals surface area contributed by atoms with Crippen LogP contribution in [-0.2, 0) is 0 Å². The maximum Gasteiger partial charge on any atom is 0.0727 e. The van der Waals surface area contributed by atoms with Crippen molar-refractivity contribution in [1.82, 2.24) is 4.57 Å². The highest BCUT2D eigenvalue weighted by Crippen LogP contribution is 2.46. The SMILES string of the molecule is c1ccc(-c2ccc(-c3ccc(N(c4ccc(-c5ccc(-c6ccccc6)cc5)cc4)c4ccc(-c5cccc6c5sc5c7ccccc7n(-c7ccccc7)c65)cc4)cc3)cc2)cc1. The van der Waals surface area contributed by atoms with E-state index in [1.165, 1.54) is 92.5 Å². The Morgan fingerprint density at radius 1 is 0.277 bits per heavy atom. The Bertz CT molecular complexity index is 3450. The molecule has 0 bridgehead atoms. The summed E-state index contributed by atoms with van der Waals surface area (Å²) in [7, 11) is 0. The van der Waals surface area contributed by atoms with Gasteiger partial charge in [-0.2, -0.15) is 0 Å². The molecule has 2 heterocycles. The minimum Gasteiger partial charge on any atom is -0.311 e. The molecule has 0 aliphatic rings. The van der Waals surface area contributed by atoms with Crippen LogP contribution in [0.5, 0.6) is 0 Å². The lowest BCUT2D eigenvalue weighted by atomic mass is 9.99. The molecule has 2 aromatic heterocycles. The zero-order chi connectivity index (χ0) is 43.1. The molecule has 0 aliphatic heterocycles. The average molecular weight is 847 g/mol. The summed E-state index contributed by atoms with van der Waals surface area (Å²) >= 11 is 1.90. The van der Waals surface area contributed by atoms with Gasteiger partial charge in [0.25, 0.3) is 0 Å². The van der Waals surface area contributed by atoms with Gasteiger partial charge in [0.2, 0.25) is 0 Å². The molecular weight excluding hydrogens is 805 g/mol. The average Bonchev–Trinajstić information content (AvgIpc) is 3.93. The Morgan fingerprint density at radius 2 is 0.646 bits per heavy atom. The van der Waals surface area contributed by atoms with Gasteiger partial charge in [-0.3, -0.25) is 0 Å². The van der Waals surface area contributed by atoms with Gasteiger partial charge in [-0.15, -0.1) is 11.3 Å². The maximum atomic E-state index is 2.43. The van der Waals surface area contributed by atoms with E-state index in [-0.39, 0.29) is 0 Å². The fraction of sp³-hybridized carbons (Fsp3) is 0. The Labute approximate surface area is 383 Å². The first-order chi connectivity index (χ1) is 32.2. The van der Waals surface area contributed by atoms with Crippen molar-refractivity contribution in [2.24, 2.45) is 0 Å². The van der Waals surface area contributed by atoms with Crippen molar-refractivity contribution in [2.75, 3.05) is 4.90 Å². The third-order valence-electron chi connectivity index (χ3n) is 12.7. The normalized spacial score (nSPS) is 11.4. The fourth-order valence-electron chi connectivity index (χ4n) is 9.38. The predicted octanol–water partition coefficient (Wildman–Crippen LogP) is 17.8. The van der Waals surface area contributed by atoms with Gasteiger partial charge in [-0.25, -0.2) is 0 Å². The zero-order valence-electron chi connectivity index (χ0n) is 35.6. The minimum atomic E-state index is 1.10. The second-order valence-corrected chi connectivity index (χ2v) is 17.5. The molecule has 10 aromatic carbocycles. The molecular formula is C62H42N2S. The first-order valence-electron chi connectivity index (χ1n) is 22.2. The molecule has 0 unspecified atom stereocenters. The van der Waals surface area contributed by atoms with Gasteiger partial charge < -0.3 is 9.47 Å².